The molecule has 250 valence electrons. The van der Waals surface area contributed by atoms with Gasteiger partial charge in [-0.1, -0.05) is 72.8 Å². The van der Waals surface area contributed by atoms with Crippen molar-refractivity contribution in [2.45, 2.75) is 67.7 Å². The van der Waals surface area contributed by atoms with E-state index in [-0.39, 0.29) is 12.3 Å². The van der Waals surface area contributed by atoms with E-state index in [1.54, 1.807) is 0 Å². The molecule has 50 heavy (non-hydrogen) atoms. The lowest BCUT2D eigenvalue weighted by Gasteiger charge is -2.45. The van der Waals surface area contributed by atoms with Crippen LogP contribution in [0.1, 0.15) is 44.5 Å². The van der Waals surface area contributed by atoms with E-state index in [0.29, 0.717) is 0 Å². The monoisotopic (exact) mass is 654 g/mol. The molecule has 0 N–H and O–H groups in total. The number of hydrogen-bond acceptors (Lipinski definition) is 4. The van der Waals surface area contributed by atoms with Crippen molar-refractivity contribution in [1.82, 2.24) is 0 Å². The highest BCUT2D eigenvalue weighted by molar-refractivity contribution is 5.96. The van der Waals surface area contributed by atoms with Crippen LogP contribution in [-0.2, 0) is 0 Å². The fourth-order valence-corrected chi connectivity index (χ4v) is 8.10. The number of benzene rings is 6. The van der Waals surface area contributed by atoms with Gasteiger partial charge in [0.15, 0.2) is 12.3 Å². The third-order valence-electron chi connectivity index (χ3n) is 11.0. The van der Waals surface area contributed by atoms with Crippen molar-refractivity contribution in [3.63, 3.8) is 0 Å². The molecular formula is C46H46N4. The summed E-state index contributed by atoms with van der Waals surface area (Å²) in [4.78, 5) is 10.5. The van der Waals surface area contributed by atoms with Crippen molar-refractivity contribution in [2.75, 3.05) is 19.6 Å². The average Bonchev–Trinajstić information content (AvgIpc) is 3.57. The predicted octanol–water partition coefficient (Wildman–Crippen LogP) is 12.1. The van der Waals surface area contributed by atoms with Gasteiger partial charge in [-0.25, -0.2) is 0 Å². The van der Waals surface area contributed by atoms with Crippen LogP contribution in [0.5, 0.6) is 0 Å². The van der Waals surface area contributed by atoms with Gasteiger partial charge in [0.1, 0.15) is 0 Å². The van der Waals surface area contributed by atoms with Gasteiger partial charge in [0.05, 0.1) is 22.7 Å². The van der Waals surface area contributed by atoms with E-state index in [9.17, 15) is 0 Å². The van der Waals surface area contributed by atoms with Gasteiger partial charge in [0, 0.05) is 22.7 Å². The molecule has 0 saturated carbocycles. The van der Waals surface area contributed by atoms with E-state index in [4.69, 9.17) is 0 Å². The molecule has 0 atom stereocenters. The van der Waals surface area contributed by atoms with Crippen LogP contribution in [0.3, 0.4) is 0 Å². The highest BCUT2D eigenvalue weighted by Gasteiger charge is 2.52. The molecule has 0 unspecified atom stereocenters. The molecule has 2 aliphatic rings. The lowest BCUT2D eigenvalue weighted by molar-refractivity contribution is 0.548. The minimum Gasteiger partial charge on any atom is -0.314 e. The second kappa shape index (κ2) is 12.1. The van der Waals surface area contributed by atoms with Crippen molar-refractivity contribution in [1.29, 1.82) is 0 Å². The van der Waals surface area contributed by atoms with Gasteiger partial charge in [-0.3, -0.25) is 0 Å². The number of hydrogen-bond donors (Lipinski definition) is 0. The van der Waals surface area contributed by atoms with Gasteiger partial charge in [-0.2, -0.15) is 0 Å². The van der Waals surface area contributed by atoms with Gasteiger partial charge in [-0.05, 0) is 148 Å². The summed E-state index contributed by atoms with van der Waals surface area (Å²) in [6, 6.07) is 45.2. The zero-order chi connectivity index (χ0) is 34.8. The van der Waals surface area contributed by atoms with Crippen LogP contribution in [0.4, 0.5) is 45.5 Å². The Bertz CT molecular complexity index is 1950. The van der Waals surface area contributed by atoms with Gasteiger partial charge in [0.2, 0.25) is 0 Å². The van der Waals surface area contributed by atoms with Crippen LogP contribution in [0, 0.1) is 55.4 Å². The predicted molar refractivity (Wildman–Crippen MR) is 213 cm³/mol. The second-order valence-corrected chi connectivity index (χ2v) is 14.3. The first-order chi connectivity index (χ1) is 24.2. The average molecular weight is 655 g/mol. The van der Waals surface area contributed by atoms with Crippen LogP contribution in [0.2, 0.25) is 0 Å². The van der Waals surface area contributed by atoms with E-state index in [1.807, 2.05) is 0 Å². The summed E-state index contributed by atoms with van der Waals surface area (Å²) < 4.78 is 0. The molecule has 2 heterocycles. The van der Waals surface area contributed by atoms with E-state index in [2.05, 4.69) is 196 Å². The number of anilines is 8. The second-order valence-electron chi connectivity index (χ2n) is 14.3. The molecule has 6 aromatic carbocycles. The Kier molecular flexibility index (Phi) is 7.71. The Morgan fingerprint density at radius 2 is 0.460 bits per heavy atom. The molecule has 0 radical (unpaired) electrons. The zero-order valence-corrected chi connectivity index (χ0v) is 30.5. The number of fused-ring (bicyclic) bond motifs is 2. The normalized spacial score (nSPS) is 14.5. The van der Waals surface area contributed by atoms with Crippen LogP contribution in [-0.4, -0.2) is 12.3 Å². The van der Waals surface area contributed by atoms with E-state index in [0.717, 1.165) is 0 Å². The standard InChI is InChI=1S/C46H46N4/c1-29-17-9-13-21-37(29)47-41-25-33(5)34(6)26-42(41)48(38-22-14-10-18-30(38)2)45(47)46-49(39-23-15-11-19-31(39)3)43-27-35(7)36(8)28-44(43)50(46)40-24-16-12-20-32(40)4/h9-28,45-46H,1-8H3. The summed E-state index contributed by atoms with van der Waals surface area (Å²) >= 11 is 0. The Labute approximate surface area is 297 Å². The minimum absolute atomic E-state index is 0.166. The van der Waals surface area contributed by atoms with Crippen molar-refractivity contribution in [3.05, 3.63) is 166 Å². The van der Waals surface area contributed by atoms with Crippen LogP contribution in [0.25, 0.3) is 0 Å². The quantitative estimate of drug-likeness (QED) is 0.183. The number of aryl methyl sites for hydroxylation is 8. The van der Waals surface area contributed by atoms with Crippen molar-refractivity contribution in [2.24, 2.45) is 0 Å². The minimum atomic E-state index is -0.166. The third-order valence-corrected chi connectivity index (χ3v) is 11.0. The molecule has 0 aliphatic carbocycles. The van der Waals surface area contributed by atoms with Crippen molar-refractivity contribution in [3.8, 4) is 0 Å². The SMILES string of the molecule is Cc1cc2c(cc1C)N(c1ccccc1C)C(C1N(c3ccccc3C)c3cc(C)c(C)cc3N1c1ccccc1C)N2c1ccccc1C. The number of nitrogens with zero attached hydrogens (tertiary/aromatic N) is 4. The lowest BCUT2D eigenvalue weighted by atomic mass is 10.1. The maximum absolute atomic E-state index is 2.64. The largest absolute Gasteiger partial charge is 0.314 e. The van der Waals surface area contributed by atoms with Gasteiger partial charge in [0.25, 0.3) is 0 Å². The summed E-state index contributed by atoms with van der Waals surface area (Å²) in [5.41, 5.74) is 20.0. The first kappa shape index (κ1) is 31.8. The smallest absolute Gasteiger partial charge is 0.151 e. The summed E-state index contributed by atoms with van der Waals surface area (Å²) in [6.45, 7) is 18.0. The third kappa shape index (κ3) is 4.88. The number of para-hydroxylation sites is 4. The molecule has 4 nitrogen and oxygen atoms in total. The first-order valence-corrected chi connectivity index (χ1v) is 17.8. The molecule has 4 heteroatoms. The number of rotatable bonds is 5. The summed E-state index contributed by atoms with van der Waals surface area (Å²) in [5.74, 6) is 0. The fraction of sp³-hybridized carbons (Fsp3) is 0.217. The summed E-state index contributed by atoms with van der Waals surface area (Å²) in [6.07, 6.45) is -0.332. The molecule has 0 bridgehead atoms. The van der Waals surface area contributed by atoms with E-state index < -0.39 is 0 Å². The molecular weight excluding hydrogens is 609 g/mol. The summed E-state index contributed by atoms with van der Waals surface area (Å²) in [5, 5.41) is 0. The highest BCUT2D eigenvalue weighted by Crippen LogP contribution is 2.57. The molecule has 0 aromatic heterocycles. The van der Waals surface area contributed by atoms with Crippen molar-refractivity contribution >= 4 is 45.5 Å². The van der Waals surface area contributed by atoms with Crippen molar-refractivity contribution < 1.29 is 0 Å². The molecule has 8 rings (SSSR count). The lowest BCUT2D eigenvalue weighted by Crippen LogP contribution is -2.58. The molecule has 0 fully saturated rings. The molecule has 2 aliphatic heterocycles. The zero-order valence-electron chi connectivity index (χ0n) is 30.5. The maximum Gasteiger partial charge on any atom is 0.151 e. The Morgan fingerprint density at radius 3 is 0.660 bits per heavy atom. The Hall–Kier alpha value is -5.48. The van der Waals surface area contributed by atoms with Crippen LogP contribution in [0.15, 0.2) is 121 Å². The maximum atomic E-state index is 2.64. The molecule has 0 spiro atoms. The van der Waals surface area contributed by atoms with Gasteiger partial charge < -0.3 is 19.6 Å². The Balaban J connectivity index is 1.52. The summed E-state index contributed by atoms with van der Waals surface area (Å²) in [7, 11) is 0. The highest BCUT2D eigenvalue weighted by atomic mass is 15.5. The van der Waals surface area contributed by atoms with Gasteiger partial charge >= 0.3 is 0 Å². The topological polar surface area (TPSA) is 13.0 Å². The molecule has 0 amide bonds. The first-order valence-electron chi connectivity index (χ1n) is 17.8. The molecule has 0 saturated heterocycles. The van der Waals surface area contributed by atoms with E-state index >= 15 is 0 Å². The van der Waals surface area contributed by atoms with E-state index in [1.165, 1.54) is 90.0 Å². The molecule has 6 aromatic rings. The Morgan fingerprint density at radius 1 is 0.260 bits per heavy atom. The van der Waals surface area contributed by atoms with Gasteiger partial charge in [-0.15, -0.1) is 0 Å². The van der Waals surface area contributed by atoms with Crippen LogP contribution >= 0.6 is 0 Å². The van der Waals surface area contributed by atoms with Crippen LogP contribution < -0.4 is 19.6 Å². The fourth-order valence-electron chi connectivity index (χ4n) is 8.10.